The van der Waals surface area contributed by atoms with Crippen LogP contribution in [0.2, 0.25) is 0 Å². The molecule has 0 fully saturated rings. The third kappa shape index (κ3) is 2.94. The largest absolute Gasteiger partial charge is 0.242 e. The molecule has 0 unspecified atom stereocenters. The molecule has 0 radical (unpaired) electrons. The van der Waals surface area contributed by atoms with Crippen LogP contribution in [-0.4, -0.2) is 11.2 Å². The molecule has 1 aromatic heterocycles. The molecule has 1 rings (SSSR count). The van der Waals surface area contributed by atoms with Crippen LogP contribution >= 0.6 is 0 Å². The maximum absolute atomic E-state index is 4.16. The summed E-state index contributed by atoms with van der Waals surface area (Å²) in [6, 6.07) is 5.72. The first-order valence-corrected chi connectivity index (χ1v) is 3.87. The standard InChI is InChI=1S/C9H12N2/c1-2-3-7-10-9-6-4-5-8-11-9/h4-8H,2-3H2,1H3. The number of unbranched alkanes of at least 4 members (excludes halogenated alkanes) is 1. The molecule has 58 valence electrons. The zero-order valence-corrected chi connectivity index (χ0v) is 6.70. The number of pyridine rings is 1. The molecule has 1 heterocycles. The Hall–Kier alpha value is -1.18. The van der Waals surface area contributed by atoms with E-state index < -0.39 is 0 Å². The van der Waals surface area contributed by atoms with Gasteiger partial charge in [-0.25, -0.2) is 9.98 Å². The van der Waals surface area contributed by atoms with Gasteiger partial charge in [0.2, 0.25) is 0 Å². The van der Waals surface area contributed by atoms with Crippen molar-refractivity contribution in [1.82, 2.24) is 4.98 Å². The number of rotatable bonds is 3. The summed E-state index contributed by atoms with van der Waals surface area (Å²) < 4.78 is 0. The highest BCUT2D eigenvalue weighted by Crippen LogP contribution is 2.03. The molecule has 0 bridgehead atoms. The lowest BCUT2D eigenvalue weighted by Crippen LogP contribution is -1.74. The minimum absolute atomic E-state index is 0.793. The van der Waals surface area contributed by atoms with Crippen LogP contribution in [0.3, 0.4) is 0 Å². The van der Waals surface area contributed by atoms with Crippen molar-refractivity contribution >= 4 is 12.0 Å². The van der Waals surface area contributed by atoms with E-state index in [9.17, 15) is 0 Å². The summed E-state index contributed by atoms with van der Waals surface area (Å²) in [5, 5.41) is 0. The van der Waals surface area contributed by atoms with E-state index >= 15 is 0 Å². The summed E-state index contributed by atoms with van der Waals surface area (Å²) >= 11 is 0. The second-order valence-electron chi connectivity index (χ2n) is 2.29. The normalized spacial score (nSPS) is 10.6. The van der Waals surface area contributed by atoms with Crippen LogP contribution in [0.4, 0.5) is 5.82 Å². The lowest BCUT2D eigenvalue weighted by atomic mass is 10.4. The highest BCUT2D eigenvalue weighted by molar-refractivity contribution is 5.61. The number of nitrogens with zero attached hydrogens (tertiary/aromatic N) is 2. The van der Waals surface area contributed by atoms with E-state index in [0.717, 1.165) is 18.7 Å². The van der Waals surface area contributed by atoms with E-state index in [2.05, 4.69) is 16.9 Å². The molecule has 0 saturated heterocycles. The molecule has 2 nitrogen and oxygen atoms in total. The Balaban J connectivity index is 2.50. The van der Waals surface area contributed by atoms with Gasteiger partial charge in [-0.15, -0.1) is 0 Å². The zero-order chi connectivity index (χ0) is 7.94. The van der Waals surface area contributed by atoms with Gasteiger partial charge < -0.3 is 0 Å². The van der Waals surface area contributed by atoms with Gasteiger partial charge in [0.05, 0.1) is 0 Å². The van der Waals surface area contributed by atoms with Gasteiger partial charge in [-0.3, -0.25) is 0 Å². The number of hydrogen-bond acceptors (Lipinski definition) is 2. The summed E-state index contributed by atoms with van der Waals surface area (Å²) in [4.78, 5) is 8.21. The molecule has 0 atom stereocenters. The number of aliphatic imine (C=N–C) groups is 1. The van der Waals surface area contributed by atoms with Crippen LogP contribution in [0.25, 0.3) is 0 Å². The SMILES string of the molecule is CCCC=Nc1ccccn1. The van der Waals surface area contributed by atoms with E-state index in [1.165, 1.54) is 0 Å². The Morgan fingerprint density at radius 2 is 2.45 bits per heavy atom. The monoisotopic (exact) mass is 148 g/mol. The maximum atomic E-state index is 4.16. The molecule has 0 amide bonds. The first-order chi connectivity index (χ1) is 5.43. The quantitative estimate of drug-likeness (QED) is 0.605. The summed E-state index contributed by atoms with van der Waals surface area (Å²) in [5.74, 6) is 0.793. The fourth-order valence-electron chi connectivity index (χ4n) is 0.717. The van der Waals surface area contributed by atoms with Gasteiger partial charge >= 0.3 is 0 Å². The van der Waals surface area contributed by atoms with E-state index in [1.54, 1.807) is 6.20 Å². The lowest BCUT2D eigenvalue weighted by molar-refractivity contribution is 1.01. The Bertz CT molecular complexity index is 216. The predicted octanol–water partition coefficient (Wildman–Crippen LogP) is 2.58. The second kappa shape index (κ2) is 4.61. The third-order valence-corrected chi connectivity index (χ3v) is 1.29. The van der Waals surface area contributed by atoms with Gasteiger partial charge in [-0.1, -0.05) is 19.4 Å². The van der Waals surface area contributed by atoms with Crippen LogP contribution in [0, 0.1) is 0 Å². The molecule has 0 aliphatic heterocycles. The fraction of sp³-hybridized carbons (Fsp3) is 0.333. The van der Waals surface area contributed by atoms with Crippen molar-refractivity contribution in [3.63, 3.8) is 0 Å². The molecule has 1 aromatic rings. The molecule has 0 N–H and O–H groups in total. The van der Waals surface area contributed by atoms with Crippen molar-refractivity contribution in [1.29, 1.82) is 0 Å². The van der Waals surface area contributed by atoms with Crippen molar-refractivity contribution < 1.29 is 0 Å². The van der Waals surface area contributed by atoms with Crippen molar-refractivity contribution in [2.24, 2.45) is 4.99 Å². The van der Waals surface area contributed by atoms with Gasteiger partial charge in [-0.05, 0) is 18.6 Å². The van der Waals surface area contributed by atoms with E-state index in [1.807, 2.05) is 24.4 Å². The Kier molecular flexibility index (Phi) is 3.32. The van der Waals surface area contributed by atoms with Gasteiger partial charge in [0.25, 0.3) is 0 Å². The minimum atomic E-state index is 0.793. The molecular weight excluding hydrogens is 136 g/mol. The first-order valence-electron chi connectivity index (χ1n) is 3.87. The van der Waals surface area contributed by atoms with Crippen molar-refractivity contribution in [2.45, 2.75) is 19.8 Å². The lowest BCUT2D eigenvalue weighted by Gasteiger charge is -1.88. The molecule has 0 aliphatic carbocycles. The van der Waals surface area contributed by atoms with Crippen molar-refractivity contribution in [3.8, 4) is 0 Å². The molecule has 2 heteroatoms. The predicted molar refractivity (Wildman–Crippen MR) is 47.3 cm³/mol. The number of aromatic nitrogens is 1. The smallest absolute Gasteiger partial charge is 0.151 e. The fourth-order valence-corrected chi connectivity index (χ4v) is 0.717. The Morgan fingerprint density at radius 3 is 3.09 bits per heavy atom. The van der Waals surface area contributed by atoms with Gasteiger partial charge in [0.1, 0.15) is 0 Å². The molecule has 0 aliphatic rings. The average molecular weight is 148 g/mol. The van der Waals surface area contributed by atoms with E-state index in [-0.39, 0.29) is 0 Å². The van der Waals surface area contributed by atoms with Gasteiger partial charge in [0, 0.05) is 12.4 Å². The summed E-state index contributed by atoms with van der Waals surface area (Å²) in [6.07, 6.45) is 5.81. The molecule has 0 saturated carbocycles. The Labute approximate surface area is 67.0 Å². The van der Waals surface area contributed by atoms with Crippen LogP contribution in [0.5, 0.6) is 0 Å². The van der Waals surface area contributed by atoms with Crippen LogP contribution in [0.15, 0.2) is 29.4 Å². The topological polar surface area (TPSA) is 25.2 Å². The van der Waals surface area contributed by atoms with Crippen molar-refractivity contribution in [2.75, 3.05) is 0 Å². The molecule has 11 heavy (non-hydrogen) atoms. The highest BCUT2D eigenvalue weighted by atomic mass is 14.9. The highest BCUT2D eigenvalue weighted by Gasteiger charge is 1.82. The third-order valence-electron chi connectivity index (χ3n) is 1.29. The second-order valence-corrected chi connectivity index (χ2v) is 2.29. The van der Waals surface area contributed by atoms with E-state index in [0.29, 0.717) is 0 Å². The average Bonchev–Trinajstić information content (AvgIpc) is 2.07. The minimum Gasteiger partial charge on any atom is -0.242 e. The molecular formula is C9H12N2. The first kappa shape index (κ1) is 7.92. The van der Waals surface area contributed by atoms with Gasteiger partial charge in [-0.2, -0.15) is 0 Å². The van der Waals surface area contributed by atoms with Crippen LogP contribution < -0.4 is 0 Å². The summed E-state index contributed by atoms with van der Waals surface area (Å²) in [5.41, 5.74) is 0. The summed E-state index contributed by atoms with van der Waals surface area (Å²) in [7, 11) is 0. The summed E-state index contributed by atoms with van der Waals surface area (Å²) in [6.45, 7) is 2.13. The zero-order valence-electron chi connectivity index (χ0n) is 6.70. The van der Waals surface area contributed by atoms with Gasteiger partial charge in [0.15, 0.2) is 5.82 Å². The molecule has 0 aromatic carbocycles. The Morgan fingerprint density at radius 1 is 1.55 bits per heavy atom. The molecule has 0 spiro atoms. The van der Waals surface area contributed by atoms with Crippen molar-refractivity contribution in [3.05, 3.63) is 24.4 Å². The van der Waals surface area contributed by atoms with Crippen LogP contribution in [-0.2, 0) is 0 Å². The maximum Gasteiger partial charge on any atom is 0.151 e. The van der Waals surface area contributed by atoms with E-state index in [4.69, 9.17) is 0 Å². The van der Waals surface area contributed by atoms with Crippen LogP contribution in [0.1, 0.15) is 19.8 Å². The number of hydrogen-bond donors (Lipinski definition) is 0.